The Labute approximate surface area is 169 Å². The van der Waals surface area contributed by atoms with E-state index in [1.807, 2.05) is 66.7 Å². The zero-order valence-electron chi connectivity index (χ0n) is 15.3. The number of carbonyl (C=O) groups excluding carboxylic acids is 1. The normalized spacial score (nSPS) is 11.0. The van der Waals surface area contributed by atoms with Gasteiger partial charge in [0.15, 0.2) is 0 Å². The Hall–Kier alpha value is -3.30. The van der Waals surface area contributed by atoms with Crippen LogP contribution in [0.15, 0.2) is 91.5 Å². The van der Waals surface area contributed by atoms with Crippen LogP contribution in [0.4, 0.5) is 5.69 Å². The predicted octanol–water partition coefficient (Wildman–Crippen LogP) is 6.08. The van der Waals surface area contributed by atoms with Crippen LogP contribution in [-0.2, 0) is 4.79 Å². The fourth-order valence-electron chi connectivity index (χ4n) is 2.66. The average Bonchev–Trinajstić information content (AvgIpc) is 2.72. The third kappa shape index (κ3) is 5.12. The average molecular weight is 390 g/mol. The highest BCUT2D eigenvalue weighted by Crippen LogP contribution is 2.25. The minimum absolute atomic E-state index is 0.230. The van der Waals surface area contributed by atoms with Crippen LogP contribution in [0, 0.1) is 0 Å². The molecule has 0 saturated heterocycles. The van der Waals surface area contributed by atoms with E-state index in [0.29, 0.717) is 28.6 Å². The molecule has 0 atom stereocenters. The highest BCUT2D eigenvalue weighted by molar-refractivity contribution is 6.34. The summed E-state index contributed by atoms with van der Waals surface area (Å²) in [5.74, 6) is 0.432. The molecule has 0 spiro atoms. The zero-order chi connectivity index (χ0) is 19.8. The highest BCUT2D eigenvalue weighted by Gasteiger charge is 2.13. The standard InChI is InChI=1S/C24H20ClNO2/c1-2-15-28-21-13-8-12-20(17-21)26-24(27)22(18-9-4-3-5-10-18)16-19-11-6-7-14-23(19)25/h2-14,16-17H,1,15H2,(H,26,27)/b22-16+. The smallest absolute Gasteiger partial charge is 0.256 e. The summed E-state index contributed by atoms with van der Waals surface area (Å²) < 4.78 is 5.53. The second kappa shape index (κ2) is 9.58. The van der Waals surface area contributed by atoms with Gasteiger partial charge in [0.05, 0.1) is 0 Å². The second-order valence-electron chi connectivity index (χ2n) is 6.03. The van der Waals surface area contributed by atoms with Gasteiger partial charge in [-0.3, -0.25) is 4.79 Å². The van der Waals surface area contributed by atoms with Gasteiger partial charge in [-0.2, -0.15) is 0 Å². The summed E-state index contributed by atoms with van der Waals surface area (Å²) in [5, 5.41) is 3.53. The lowest BCUT2D eigenvalue weighted by Crippen LogP contribution is -2.13. The number of rotatable bonds is 7. The van der Waals surface area contributed by atoms with Crippen LogP contribution in [0.2, 0.25) is 5.02 Å². The van der Waals surface area contributed by atoms with Crippen molar-refractivity contribution >= 4 is 34.8 Å². The molecule has 0 aromatic heterocycles. The van der Waals surface area contributed by atoms with Crippen LogP contribution in [0.3, 0.4) is 0 Å². The van der Waals surface area contributed by atoms with Gasteiger partial charge >= 0.3 is 0 Å². The number of hydrogen-bond acceptors (Lipinski definition) is 2. The lowest BCUT2D eigenvalue weighted by atomic mass is 10.0. The van der Waals surface area contributed by atoms with Crippen molar-refractivity contribution in [2.45, 2.75) is 0 Å². The Kier molecular flexibility index (Phi) is 6.66. The van der Waals surface area contributed by atoms with Crippen LogP contribution < -0.4 is 10.1 Å². The maximum atomic E-state index is 13.1. The second-order valence-corrected chi connectivity index (χ2v) is 6.43. The molecule has 3 nitrogen and oxygen atoms in total. The molecule has 28 heavy (non-hydrogen) atoms. The van der Waals surface area contributed by atoms with Crippen LogP contribution >= 0.6 is 11.6 Å². The van der Waals surface area contributed by atoms with Crippen LogP contribution in [-0.4, -0.2) is 12.5 Å². The van der Waals surface area contributed by atoms with Crippen molar-refractivity contribution in [2.75, 3.05) is 11.9 Å². The topological polar surface area (TPSA) is 38.3 Å². The summed E-state index contributed by atoms with van der Waals surface area (Å²) in [4.78, 5) is 13.1. The van der Waals surface area contributed by atoms with Gasteiger partial charge in [0.2, 0.25) is 0 Å². The third-order valence-corrected chi connectivity index (χ3v) is 4.34. The molecule has 0 unspecified atom stereocenters. The summed E-state index contributed by atoms with van der Waals surface area (Å²) in [5.41, 5.74) is 2.75. The number of anilines is 1. The van der Waals surface area contributed by atoms with E-state index < -0.39 is 0 Å². The molecule has 0 saturated carbocycles. The van der Waals surface area contributed by atoms with E-state index in [1.54, 1.807) is 24.3 Å². The molecule has 1 N–H and O–H groups in total. The molecule has 0 aliphatic heterocycles. The first kappa shape index (κ1) is 19.5. The summed E-state index contributed by atoms with van der Waals surface area (Å²) in [7, 11) is 0. The number of benzene rings is 3. The van der Waals surface area contributed by atoms with E-state index in [9.17, 15) is 4.79 Å². The molecular formula is C24H20ClNO2. The summed E-state index contributed by atoms with van der Waals surface area (Å²) >= 11 is 6.29. The van der Waals surface area contributed by atoms with Crippen LogP contribution in [0.5, 0.6) is 5.75 Å². The van der Waals surface area contributed by atoms with Gasteiger partial charge < -0.3 is 10.1 Å². The lowest BCUT2D eigenvalue weighted by Gasteiger charge is -2.11. The SMILES string of the molecule is C=CCOc1cccc(NC(=O)/C(=C/c2ccccc2Cl)c2ccccc2)c1. The molecule has 3 aromatic rings. The number of ether oxygens (including phenoxy) is 1. The van der Waals surface area contributed by atoms with Gasteiger partial charge in [-0.05, 0) is 35.4 Å². The minimum Gasteiger partial charge on any atom is -0.489 e. The van der Waals surface area contributed by atoms with Crippen LogP contribution in [0.25, 0.3) is 11.6 Å². The highest BCUT2D eigenvalue weighted by atomic mass is 35.5. The van der Waals surface area contributed by atoms with E-state index in [-0.39, 0.29) is 5.91 Å². The lowest BCUT2D eigenvalue weighted by molar-refractivity contribution is -0.111. The summed E-state index contributed by atoms with van der Waals surface area (Å²) in [6.07, 6.45) is 3.47. The molecule has 3 rings (SSSR count). The predicted molar refractivity (Wildman–Crippen MR) is 117 cm³/mol. The molecule has 0 aliphatic carbocycles. The Morgan fingerprint density at radius 2 is 1.75 bits per heavy atom. The molecule has 0 aliphatic rings. The van der Waals surface area contributed by atoms with Gasteiger partial charge in [-0.25, -0.2) is 0 Å². The molecular weight excluding hydrogens is 370 g/mol. The maximum Gasteiger partial charge on any atom is 0.256 e. The van der Waals surface area contributed by atoms with Gasteiger partial charge in [0, 0.05) is 22.3 Å². The van der Waals surface area contributed by atoms with Crippen molar-refractivity contribution in [3.63, 3.8) is 0 Å². The quantitative estimate of drug-likeness (QED) is 0.302. The number of amides is 1. The largest absolute Gasteiger partial charge is 0.489 e. The molecule has 0 radical (unpaired) electrons. The first-order valence-electron chi connectivity index (χ1n) is 8.84. The van der Waals surface area contributed by atoms with Gasteiger partial charge in [0.1, 0.15) is 12.4 Å². The Balaban J connectivity index is 1.92. The molecule has 140 valence electrons. The van der Waals surface area contributed by atoms with Crippen LogP contribution in [0.1, 0.15) is 11.1 Å². The zero-order valence-corrected chi connectivity index (χ0v) is 16.0. The van der Waals surface area contributed by atoms with E-state index in [2.05, 4.69) is 11.9 Å². The minimum atomic E-state index is -0.230. The van der Waals surface area contributed by atoms with E-state index >= 15 is 0 Å². The van der Waals surface area contributed by atoms with Crippen molar-refractivity contribution < 1.29 is 9.53 Å². The van der Waals surface area contributed by atoms with Crippen molar-refractivity contribution in [3.05, 3.63) is 108 Å². The van der Waals surface area contributed by atoms with E-state index in [4.69, 9.17) is 16.3 Å². The summed E-state index contributed by atoms with van der Waals surface area (Å²) in [6.45, 7) is 4.04. The first-order valence-corrected chi connectivity index (χ1v) is 9.22. The maximum absolute atomic E-state index is 13.1. The molecule has 0 fully saturated rings. The third-order valence-electron chi connectivity index (χ3n) is 3.99. The molecule has 4 heteroatoms. The summed E-state index contributed by atoms with van der Waals surface area (Å²) in [6, 6.07) is 24.2. The number of hydrogen-bond donors (Lipinski definition) is 1. The number of carbonyl (C=O) groups is 1. The van der Waals surface area contributed by atoms with Gasteiger partial charge in [0.25, 0.3) is 5.91 Å². The number of halogens is 1. The number of nitrogens with one attached hydrogen (secondary N) is 1. The van der Waals surface area contributed by atoms with Crippen molar-refractivity contribution in [3.8, 4) is 5.75 Å². The molecule has 0 bridgehead atoms. The first-order chi connectivity index (χ1) is 13.7. The van der Waals surface area contributed by atoms with Crippen molar-refractivity contribution in [1.29, 1.82) is 0 Å². The Bertz CT molecular complexity index is 996. The van der Waals surface area contributed by atoms with Gasteiger partial charge in [-0.1, -0.05) is 78.9 Å². The van der Waals surface area contributed by atoms with Crippen molar-refractivity contribution in [2.24, 2.45) is 0 Å². The Morgan fingerprint density at radius 1 is 1.00 bits per heavy atom. The van der Waals surface area contributed by atoms with Crippen molar-refractivity contribution in [1.82, 2.24) is 0 Å². The van der Waals surface area contributed by atoms with Gasteiger partial charge in [-0.15, -0.1) is 0 Å². The monoisotopic (exact) mass is 389 g/mol. The Morgan fingerprint density at radius 3 is 2.50 bits per heavy atom. The molecule has 0 heterocycles. The van der Waals surface area contributed by atoms with E-state index in [0.717, 1.165) is 11.1 Å². The molecule has 1 amide bonds. The molecule has 3 aromatic carbocycles. The fraction of sp³-hybridized carbons (Fsp3) is 0.0417. The fourth-order valence-corrected chi connectivity index (χ4v) is 2.85. The van der Waals surface area contributed by atoms with E-state index in [1.165, 1.54) is 0 Å².